The zero-order chi connectivity index (χ0) is 21.6. The second-order valence-corrected chi connectivity index (χ2v) is 8.48. The van der Waals surface area contributed by atoms with Gasteiger partial charge in [0.25, 0.3) is 5.91 Å². The van der Waals surface area contributed by atoms with Crippen LogP contribution < -0.4 is 14.8 Å². The number of hydrogen-bond donors (Lipinski definition) is 1. The third-order valence-electron chi connectivity index (χ3n) is 5.43. The number of amides is 1. The van der Waals surface area contributed by atoms with E-state index in [0.29, 0.717) is 23.6 Å². The number of carbonyl (C=O) groups is 1. The van der Waals surface area contributed by atoms with Gasteiger partial charge in [0, 0.05) is 23.2 Å². The molecule has 3 aromatic rings. The Labute approximate surface area is 186 Å². The molecule has 2 aromatic carbocycles. The topological polar surface area (TPSA) is 59.9 Å². The van der Waals surface area contributed by atoms with Crippen LogP contribution in [0.3, 0.4) is 0 Å². The Hall–Kier alpha value is -3.12. The first kappa shape index (κ1) is 21.1. The second kappa shape index (κ2) is 9.79. The van der Waals surface area contributed by atoms with E-state index in [4.69, 9.17) is 14.5 Å². The van der Waals surface area contributed by atoms with Crippen LogP contribution in [0.1, 0.15) is 44.8 Å². The Morgan fingerprint density at radius 3 is 2.65 bits per heavy atom. The van der Waals surface area contributed by atoms with E-state index in [-0.39, 0.29) is 5.91 Å². The predicted molar refractivity (Wildman–Crippen MR) is 125 cm³/mol. The molecule has 160 valence electrons. The SMILES string of the molecule is COc1cccc(C=Nc2sc3c(c2C(=O)NCc2ccccc2)CCCC3)c1OC. The lowest BCUT2D eigenvalue weighted by molar-refractivity contribution is 0.0951. The zero-order valence-corrected chi connectivity index (χ0v) is 18.6. The Bertz CT molecular complexity index is 1090. The summed E-state index contributed by atoms with van der Waals surface area (Å²) in [6.07, 6.45) is 5.96. The number of carbonyl (C=O) groups excluding carboxylic acids is 1. The fraction of sp³-hybridized carbons (Fsp3) is 0.280. The summed E-state index contributed by atoms with van der Waals surface area (Å²) in [6.45, 7) is 0.497. The summed E-state index contributed by atoms with van der Waals surface area (Å²) in [6, 6.07) is 15.6. The van der Waals surface area contributed by atoms with Crippen LogP contribution in [0.4, 0.5) is 5.00 Å². The lowest BCUT2D eigenvalue weighted by Crippen LogP contribution is -2.24. The molecule has 4 rings (SSSR count). The van der Waals surface area contributed by atoms with Gasteiger partial charge in [0.15, 0.2) is 11.5 Å². The van der Waals surface area contributed by atoms with Gasteiger partial charge in [0.05, 0.1) is 19.8 Å². The zero-order valence-electron chi connectivity index (χ0n) is 17.8. The molecule has 6 heteroatoms. The highest BCUT2D eigenvalue weighted by atomic mass is 32.1. The maximum absolute atomic E-state index is 13.2. The molecule has 31 heavy (non-hydrogen) atoms. The largest absolute Gasteiger partial charge is 0.493 e. The molecule has 0 aliphatic heterocycles. The van der Waals surface area contributed by atoms with Gasteiger partial charge in [-0.25, -0.2) is 4.99 Å². The van der Waals surface area contributed by atoms with Gasteiger partial charge in [0.2, 0.25) is 0 Å². The van der Waals surface area contributed by atoms with Gasteiger partial charge >= 0.3 is 0 Å². The fourth-order valence-electron chi connectivity index (χ4n) is 3.88. The minimum Gasteiger partial charge on any atom is -0.493 e. The van der Waals surface area contributed by atoms with Crippen molar-refractivity contribution in [1.29, 1.82) is 0 Å². The number of nitrogens with one attached hydrogen (secondary N) is 1. The lowest BCUT2D eigenvalue weighted by Gasteiger charge is -2.13. The molecular weight excluding hydrogens is 408 g/mol. The maximum Gasteiger partial charge on any atom is 0.254 e. The molecular formula is C25H26N2O3S. The fourth-order valence-corrected chi connectivity index (χ4v) is 5.12. The van der Waals surface area contributed by atoms with Crippen molar-refractivity contribution < 1.29 is 14.3 Å². The van der Waals surface area contributed by atoms with Gasteiger partial charge in [0.1, 0.15) is 5.00 Å². The van der Waals surface area contributed by atoms with E-state index in [1.54, 1.807) is 31.8 Å². The van der Waals surface area contributed by atoms with Crippen LogP contribution in [0.25, 0.3) is 0 Å². The van der Waals surface area contributed by atoms with Crippen molar-refractivity contribution in [2.24, 2.45) is 4.99 Å². The first-order valence-corrected chi connectivity index (χ1v) is 11.2. The van der Waals surface area contributed by atoms with E-state index in [9.17, 15) is 4.79 Å². The highest BCUT2D eigenvalue weighted by molar-refractivity contribution is 7.16. The van der Waals surface area contributed by atoms with Crippen molar-refractivity contribution in [2.75, 3.05) is 14.2 Å². The molecule has 5 nitrogen and oxygen atoms in total. The number of aryl methyl sites for hydroxylation is 1. The molecule has 0 saturated heterocycles. The number of rotatable bonds is 7. The number of ether oxygens (including phenoxy) is 2. The van der Waals surface area contributed by atoms with E-state index in [0.717, 1.165) is 47.4 Å². The monoisotopic (exact) mass is 434 g/mol. The van der Waals surface area contributed by atoms with Crippen LogP contribution >= 0.6 is 11.3 Å². The van der Waals surface area contributed by atoms with Crippen LogP contribution in [0.2, 0.25) is 0 Å². The van der Waals surface area contributed by atoms with Gasteiger partial charge in [-0.05, 0) is 48.9 Å². The van der Waals surface area contributed by atoms with Gasteiger partial charge < -0.3 is 14.8 Å². The molecule has 1 aliphatic carbocycles. The molecule has 1 aliphatic rings. The number of para-hydroxylation sites is 1. The van der Waals surface area contributed by atoms with E-state index in [1.165, 1.54) is 4.88 Å². The average molecular weight is 435 g/mol. The number of benzene rings is 2. The normalized spacial score (nSPS) is 13.1. The predicted octanol–water partition coefficient (Wildman–Crippen LogP) is 5.32. The number of hydrogen-bond acceptors (Lipinski definition) is 5. The van der Waals surface area contributed by atoms with Crippen molar-refractivity contribution in [2.45, 2.75) is 32.2 Å². The molecule has 1 N–H and O–H groups in total. The molecule has 1 aromatic heterocycles. The summed E-state index contributed by atoms with van der Waals surface area (Å²) in [5.41, 5.74) is 3.76. The van der Waals surface area contributed by atoms with Crippen LogP contribution in [0.5, 0.6) is 11.5 Å². The van der Waals surface area contributed by atoms with Gasteiger partial charge in [-0.2, -0.15) is 0 Å². The highest BCUT2D eigenvalue weighted by Crippen LogP contribution is 2.40. The number of fused-ring (bicyclic) bond motifs is 1. The molecule has 0 spiro atoms. The number of methoxy groups -OCH3 is 2. The van der Waals surface area contributed by atoms with Gasteiger partial charge in [-0.3, -0.25) is 4.79 Å². The summed E-state index contributed by atoms with van der Waals surface area (Å²) in [4.78, 5) is 19.2. The highest BCUT2D eigenvalue weighted by Gasteiger charge is 2.25. The van der Waals surface area contributed by atoms with E-state index in [1.807, 2.05) is 48.5 Å². The molecule has 0 saturated carbocycles. The Balaban J connectivity index is 1.64. The van der Waals surface area contributed by atoms with Crippen LogP contribution in [-0.2, 0) is 19.4 Å². The molecule has 0 fully saturated rings. The van der Waals surface area contributed by atoms with E-state index >= 15 is 0 Å². The van der Waals surface area contributed by atoms with Gasteiger partial charge in [-0.1, -0.05) is 36.4 Å². The Morgan fingerprint density at radius 1 is 1.06 bits per heavy atom. The lowest BCUT2D eigenvalue weighted by atomic mass is 9.95. The molecule has 0 atom stereocenters. The molecule has 1 heterocycles. The van der Waals surface area contributed by atoms with Crippen molar-refractivity contribution in [3.05, 3.63) is 75.7 Å². The molecule has 0 radical (unpaired) electrons. The van der Waals surface area contributed by atoms with Crippen molar-refractivity contribution in [3.63, 3.8) is 0 Å². The summed E-state index contributed by atoms with van der Waals surface area (Å²) >= 11 is 1.62. The van der Waals surface area contributed by atoms with Crippen molar-refractivity contribution >= 4 is 28.5 Å². The standard InChI is InChI=1S/C25H26N2O3S/c1-29-20-13-8-11-18(23(20)30-2)16-27-25-22(19-12-6-7-14-21(19)31-25)24(28)26-15-17-9-4-3-5-10-17/h3-5,8-11,13,16H,6-7,12,14-15H2,1-2H3,(H,26,28). The summed E-state index contributed by atoms with van der Waals surface area (Å²) in [5.74, 6) is 1.22. The van der Waals surface area contributed by atoms with Crippen molar-refractivity contribution in [1.82, 2.24) is 5.32 Å². The minimum atomic E-state index is -0.0620. The summed E-state index contributed by atoms with van der Waals surface area (Å²) in [5, 5.41) is 3.83. The minimum absolute atomic E-state index is 0.0620. The quantitative estimate of drug-likeness (QED) is 0.512. The van der Waals surface area contributed by atoms with Crippen LogP contribution in [0, 0.1) is 0 Å². The van der Waals surface area contributed by atoms with Crippen molar-refractivity contribution in [3.8, 4) is 11.5 Å². The smallest absolute Gasteiger partial charge is 0.254 e. The number of aliphatic imine (C=N–C) groups is 1. The molecule has 0 bridgehead atoms. The first-order chi connectivity index (χ1) is 15.2. The second-order valence-electron chi connectivity index (χ2n) is 7.40. The molecule has 0 unspecified atom stereocenters. The van der Waals surface area contributed by atoms with E-state index in [2.05, 4.69) is 5.32 Å². The number of nitrogens with zero attached hydrogens (tertiary/aromatic N) is 1. The Kier molecular flexibility index (Phi) is 6.67. The van der Waals surface area contributed by atoms with Gasteiger partial charge in [-0.15, -0.1) is 11.3 Å². The maximum atomic E-state index is 13.2. The third kappa shape index (κ3) is 4.64. The number of thiophene rings is 1. The Morgan fingerprint density at radius 2 is 1.87 bits per heavy atom. The van der Waals surface area contributed by atoms with E-state index < -0.39 is 0 Å². The third-order valence-corrected chi connectivity index (χ3v) is 6.63. The average Bonchev–Trinajstić information content (AvgIpc) is 3.20. The van der Waals surface area contributed by atoms with Crippen LogP contribution in [-0.4, -0.2) is 26.3 Å². The summed E-state index contributed by atoms with van der Waals surface area (Å²) < 4.78 is 10.9. The first-order valence-electron chi connectivity index (χ1n) is 10.4. The van der Waals surface area contributed by atoms with Crippen LogP contribution in [0.15, 0.2) is 53.5 Å². The molecule has 1 amide bonds. The summed E-state index contributed by atoms with van der Waals surface area (Å²) in [7, 11) is 3.22.